The van der Waals surface area contributed by atoms with Gasteiger partial charge in [-0.25, -0.2) is 0 Å². The highest BCUT2D eigenvalue weighted by atomic mass is 13.9. The summed E-state index contributed by atoms with van der Waals surface area (Å²) in [6, 6.07) is 8.36. The lowest BCUT2D eigenvalue weighted by atomic mass is 10.1. The average Bonchev–Trinajstić information content (AvgIpc) is 2.31. The van der Waals surface area contributed by atoms with E-state index in [-0.39, 0.29) is 0 Å². The first-order valence-electron chi connectivity index (χ1n) is 5.33. The molecule has 0 aromatic heterocycles. The highest BCUT2D eigenvalue weighted by Crippen LogP contribution is 2.02. The van der Waals surface area contributed by atoms with Crippen molar-refractivity contribution in [3.8, 4) is 0 Å². The summed E-state index contributed by atoms with van der Waals surface area (Å²) in [6.07, 6.45) is 0. The van der Waals surface area contributed by atoms with Crippen LogP contribution in [0.5, 0.6) is 0 Å². The Morgan fingerprint density at radius 3 is 1.07 bits per heavy atom. The summed E-state index contributed by atoms with van der Waals surface area (Å²) in [4.78, 5) is 0. The van der Waals surface area contributed by atoms with Gasteiger partial charge in [-0.05, 0) is 25.0 Å². The fourth-order valence-corrected chi connectivity index (χ4v) is 0.663. The zero-order valence-corrected chi connectivity index (χ0v) is 10.7. The second-order valence-corrected chi connectivity index (χ2v) is 2.08. The molecule has 0 radical (unpaired) electrons. The molecule has 0 atom stereocenters. The molecule has 0 heterocycles. The van der Waals surface area contributed by atoms with Crippen LogP contribution in [0.25, 0.3) is 0 Å². The molecule has 0 N–H and O–H groups in total. The first-order valence-corrected chi connectivity index (χ1v) is 5.33. The van der Waals surface area contributed by atoms with Crippen LogP contribution in [0.4, 0.5) is 0 Å². The second kappa shape index (κ2) is 17.9. The Morgan fingerprint density at radius 2 is 0.929 bits per heavy atom. The molecule has 0 spiro atoms. The summed E-state index contributed by atoms with van der Waals surface area (Å²) in [5.41, 5.74) is 2.74. The van der Waals surface area contributed by atoms with Crippen LogP contribution in [0.1, 0.15) is 38.8 Å². The predicted octanol–water partition coefficient (Wildman–Crippen LogP) is 5.16. The molecular weight excluding hydrogens is 168 g/mol. The lowest BCUT2D eigenvalue weighted by molar-refractivity contribution is 1.34. The summed E-state index contributed by atoms with van der Waals surface area (Å²) < 4.78 is 0. The molecule has 0 unspecified atom stereocenters. The summed E-state index contributed by atoms with van der Waals surface area (Å²) in [6.45, 7) is 18.2. The number of hydrogen-bond donors (Lipinski definition) is 0. The molecule has 0 bridgehead atoms. The molecule has 82 valence electrons. The van der Waals surface area contributed by atoms with Gasteiger partial charge in [0.2, 0.25) is 0 Å². The van der Waals surface area contributed by atoms with E-state index in [1.807, 2.05) is 27.7 Å². The molecule has 0 nitrogen and oxygen atoms in total. The third kappa shape index (κ3) is 11.0. The van der Waals surface area contributed by atoms with E-state index in [0.717, 1.165) is 0 Å². The second-order valence-electron chi connectivity index (χ2n) is 2.08. The van der Waals surface area contributed by atoms with Crippen LogP contribution in [0.3, 0.4) is 0 Å². The highest BCUT2D eigenvalue weighted by molar-refractivity contribution is 5.23. The summed E-state index contributed by atoms with van der Waals surface area (Å²) in [5.74, 6) is 0. The Balaban J connectivity index is -0.000000174. The normalized spacial score (nSPS) is 6.43. The SMILES string of the molecule is C=C.CC.CC.Cc1ccccc1C. The van der Waals surface area contributed by atoms with Crippen molar-refractivity contribution in [2.45, 2.75) is 41.5 Å². The van der Waals surface area contributed by atoms with Crippen LogP contribution in [-0.4, -0.2) is 0 Å². The molecule has 0 aliphatic heterocycles. The lowest BCUT2D eigenvalue weighted by Gasteiger charge is -1.93. The maximum atomic E-state index is 3.00. The molecule has 14 heavy (non-hydrogen) atoms. The van der Waals surface area contributed by atoms with Crippen LogP contribution >= 0.6 is 0 Å². The van der Waals surface area contributed by atoms with Crippen LogP contribution in [0, 0.1) is 13.8 Å². The van der Waals surface area contributed by atoms with E-state index in [4.69, 9.17) is 0 Å². The fraction of sp³-hybridized carbons (Fsp3) is 0.429. The Kier molecular flexibility index (Phi) is 23.9. The van der Waals surface area contributed by atoms with Gasteiger partial charge in [0.15, 0.2) is 0 Å². The van der Waals surface area contributed by atoms with Crippen molar-refractivity contribution in [2.24, 2.45) is 0 Å². The van der Waals surface area contributed by atoms with Gasteiger partial charge in [-0.2, -0.15) is 0 Å². The third-order valence-corrected chi connectivity index (χ3v) is 1.43. The van der Waals surface area contributed by atoms with Crippen molar-refractivity contribution in [1.29, 1.82) is 0 Å². The number of hydrogen-bond acceptors (Lipinski definition) is 0. The van der Waals surface area contributed by atoms with Gasteiger partial charge in [0.1, 0.15) is 0 Å². The molecule has 1 aromatic carbocycles. The van der Waals surface area contributed by atoms with Gasteiger partial charge in [-0.1, -0.05) is 52.0 Å². The third-order valence-electron chi connectivity index (χ3n) is 1.43. The fourth-order valence-electron chi connectivity index (χ4n) is 0.663. The van der Waals surface area contributed by atoms with Crippen molar-refractivity contribution < 1.29 is 0 Å². The van der Waals surface area contributed by atoms with Crippen molar-refractivity contribution in [1.82, 2.24) is 0 Å². The largest absolute Gasteiger partial charge is 0.106 e. The Labute approximate surface area is 90.7 Å². The Bertz CT molecular complexity index is 168. The van der Waals surface area contributed by atoms with Gasteiger partial charge < -0.3 is 0 Å². The lowest BCUT2D eigenvalue weighted by Crippen LogP contribution is -1.74. The zero-order chi connectivity index (χ0) is 12.0. The minimum absolute atomic E-state index is 1.37. The van der Waals surface area contributed by atoms with Gasteiger partial charge in [-0.15, -0.1) is 13.2 Å². The van der Waals surface area contributed by atoms with Crippen molar-refractivity contribution >= 4 is 0 Å². The molecular formula is C14H26. The molecule has 0 heteroatoms. The highest BCUT2D eigenvalue weighted by Gasteiger charge is 1.83. The minimum atomic E-state index is 1.37. The number of rotatable bonds is 0. The average molecular weight is 194 g/mol. The Hall–Kier alpha value is -1.04. The van der Waals surface area contributed by atoms with E-state index < -0.39 is 0 Å². The van der Waals surface area contributed by atoms with Gasteiger partial charge in [0.05, 0.1) is 0 Å². The van der Waals surface area contributed by atoms with Crippen LogP contribution < -0.4 is 0 Å². The quantitative estimate of drug-likeness (QED) is 0.500. The minimum Gasteiger partial charge on any atom is -0.106 e. The smallest absolute Gasteiger partial charge is 0.0395 e. The van der Waals surface area contributed by atoms with E-state index in [1.54, 1.807) is 0 Å². The Morgan fingerprint density at radius 1 is 0.714 bits per heavy atom. The van der Waals surface area contributed by atoms with E-state index in [0.29, 0.717) is 0 Å². The summed E-state index contributed by atoms with van der Waals surface area (Å²) in [5, 5.41) is 0. The molecule has 0 saturated heterocycles. The van der Waals surface area contributed by atoms with Crippen LogP contribution in [0.2, 0.25) is 0 Å². The van der Waals surface area contributed by atoms with Crippen molar-refractivity contribution in [3.63, 3.8) is 0 Å². The van der Waals surface area contributed by atoms with Crippen LogP contribution in [-0.2, 0) is 0 Å². The monoisotopic (exact) mass is 194 g/mol. The van der Waals surface area contributed by atoms with Gasteiger partial charge in [-0.3, -0.25) is 0 Å². The molecule has 0 fully saturated rings. The number of benzene rings is 1. The first-order chi connectivity index (χ1) is 6.80. The van der Waals surface area contributed by atoms with Gasteiger partial charge in [0.25, 0.3) is 0 Å². The molecule has 1 rings (SSSR count). The summed E-state index contributed by atoms with van der Waals surface area (Å²) >= 11 is 0. The number of aryl methyl sites for hydroxylation is 2. The molecule has 1 aromatic rings. The molecule has 0 saturated carbocycles. The summed E-state index contributed by atoms with van der Waals surface area (Å²) in [7, 11) is 0. The van der Waals surface area contributed by atoms with E-state index in [1.165, 1.54) is 11.1 Å². The van der Waals surface area contributed by atoms with Crippen molar-refractivity contribution in [3.05, 3.63) is 48.6 Å². The van der Waals surface area contributed by atoms with E-state index in [9.17, 15) is 0 Å². The molecule has 0 aliphatic carbocycles. The first kappa shape index (κ1) is 18.7. The molecule has 0 aliphatic rings. The van der Waals surface area contributed by atoms with E-state index in [2.05, 4.69) is 51.3 Å². The van der Waals surface area contributed by atoms with Crippen LogP contribution in [0.15, 0.2) is 37.4 Å². The molecule has 0 amide bonds. The van der Waals surface area contributed by atoms with E-state index >= 15 is 0 Å². The zero-order valence-electron chi connectivity index (χ0n) is 10.7. The maximum absolute atomic E-state index is 3.00. The van der Waals surface area contributed by atoms with Gasteiger partial charge >= 0.3 is 0 Å². The predicted molar refractivity (Wildman–Crippen MR) is 69.9 cm³/mol. The standard InChI is InChI=1S/C8H10.2C2H6.C2H4/c1-7-5-3-4-6-8(7)2;3*1-2/h3-6H,1-2H3;2*1-2H3;1-2H2. The topological polar surface area (TPSA) is 0 Å². The van der Waals surface area contributed by atoms with Crippen molar-refractivity contribution in [2.75, 3.05) is 0 Å². The maximum Gasteiger partial charge on any atom is -0.0395 e. The van der Waals surface area contributed by atoms with Gasteiger partial charge in [0, 0.05) is 0 Å².